The zero-order valence-electron chi connectivity index (χ0n) is 7.38. The summed E-state index contributed by atoms with van der Waals surface area (Å²) < 4.78 is 18.5. The molecule has 0 aliphatic carbocycles. The summed E-state index contributed by atoms with van der Waals surface area (Å²) in [6.07, 6.45) is -0.0792. The molecule has 0 aromatic heterocycles. The SMILES string of the molecule is CC(O)c1c(F)ccc2c1CCO2. The van der Waals surface area contributed by atoms with Crippen LogP contribution in [0.2, 0.25) is 0 Å². The largest absolute Gasteiger partial charge is 0.493 e. The number of rotatable bonds is 1. The first-order valence-corrected chi connectivity index (χ1v) is 4.32. The minimum absolute atomic E-state index is 0.348. The summed E-state index contributed by atoms with van der Waals surface area (Å²) in [7, 11) is 0. The normalized spacial score (nSPS) is 16.5. The average Bonchev–Trinajstić information content (AvgIpc) is 2.50. The Labute approximate surface area is 76.0 Å². The lowest BCUT2D eigenvalue weighted by Gasteiger charge is -2.10. The van der Waals surface area contributed by atoms with Crippen LogP contribution < -0.4 is 4.74 Å². The van der Waals surface area contributed by atoms with Crippen molar-refractivity contribution in [3.8, 4) is 5.75 Å². The van der Waals surface area contributed by atoms with Crippen LogP contribution in [0.5, 0.6) is 5.75 Å². The van der Waals surface area contributed by atoms with Gasteiger partial charge in [-0.3, -0.25) is 0 Å². The number of halogens is 1. The first kappa shape index (κ1) is 8.51. The van der Waals surface area contributed by atoms with Gasteiger partial charge in [-0.15, -0.1) is 0 Å². The van der Waals surface area contributed by atoms with Gasteiger partial charge in [0.1, 0.15) is 11.6 Å². The number of fused-ring (bicyclic) bond motifs is 1. The van der Waals surface area contributed by atoms with Gasteiger partial charge in [0, 0.05) is 17.5 Å². The fraction of sp³-hybridized carbons (Fsp3) is 0.400. The molecule has 1 aromatic rings. The van der Waals surface area contributed by atoms with Crippen LogP contribution in [0.4, 0.5) is 4.39 Å². The van der Waals surface area contributed by atoms with Crippen molar-refractivity contribution in [2.75, 3.05) is 6.61 Å². The number of ether oxygens (including phenoxy) is 1. The van der Waals surface area contributed by atoms with Crippen molar-refractivity contribution in [2.45, 2.75) is 19.4 Å². The molecular formula is C10H11FO2. The van der Waals surface area contributed by atoms with Gasteiger partial charge in [-0.05, 0) is 19.1 Å². The van der Waals surface area contributed by atoms with Crippen molar-refractivity contribution < 1.29 is 14.2 Å². The minimum Gasteiger partial charge on any atom is -0.493 e. The highest BCUT2D eigenvalue weighted by molar-refractivity contribution is 5.44. The third-order valence-corrected chi connectivity index (χ3v) is 2.29. The van der Waals surface area contributed by atoms with Crippen LogP contribution in [0.1, 0.15) is 24.2 Å². The van der Waals surface area contributed by atoms with Gasteiger partial charge >= 0.3 is 0 Å². The number of hydrogen-bond acceptors (Lipinski definition) is 2. The Morgan fingerprint density at radius 2 is 2.31 bits per heavy atom. The lowest BCUT2D eigenvalue weighted by molar-refractivity contribution is 0.193. The Hall–Kier alpha value is -1.09. The fourth-order valence-corrected chi connectivity index (χ4v) is 1.72. The zero-order chi connectivity index (χ0) is 9.42. The summed E-state index contributed by atoms with van der Waals surface area (Å²) in [5, 5.41) is 9.37. The molecule has 3 heteroatoms. The summed E-state index contributed by atoms with van der Waals surface area (Å²) in [6.45, 7) is 2.15. The highest BCUT2D eigenvalue weighted by Gasteiger charge is 2.21. The van der Waals surface area contributed by atoms with E-state index in [-0.39, 0.29) is 5.82 Å². The van der Waals surface area contributed by atoms with E-state index >= 15 is 0 Å². The van der Waals surface area contributed by atoms with Gasteiger partial charge < -0.3 is 9.84 Å². The van der Waals surface area contributed by atoms with Crippen molar-refractivity contribution >= 4 is 0 Å². The van der Waals surface area contributed by atoms with Gasteiger partial charge in [-0.1, -0.05) is 0 Å². The Balaban J connectivity index is 2.58. The quantitative estimate of drug-likeness (QED) is 0.717. The molecule has 0 saturated carbocycles. The lowest BCUT2D eigenvalue weighted by atomic mass is 10.0. The molecule has 0 bridgehead atoms. The van der Waals surface area contributed by atoms with Crippen molar-refractivity contribution in [2.24, 2.45) is 0 Å². The third-order valence-electron chi connectivity index (χ3n) is 2.29. The van der Waals surface area contributed by atoms with Crippen LogP contribution >= 0.6 is 0 Å². The Kier molecular flexibility index (Phi) is 1.96. The van der Waals surface area contributed by atoms with Gasteiger partial charge in [0.2, 0.25) is 0 Å². The maximum absolute atomic E-state index is 13.3. The van der Waals surface area contributed by atoms with Crippen LogP contribution in [-0.4, -0.2) is 11.7 Å². The molecular weight excluding hydrogens is 171 g/mol. The molecule has 1 N–H and O–H groups in total. The Bertz CT molecular complexity index is 334. The molecule has 2 nitrogen and oxygen atoms in total. The molecule has 0 radical (unpaired) electrons. The minimum atomic E-state index is -0.767. The maximum atomic E-state index is 13.3. The second-order valence-corrected chi connectivity index (χ2v) is 3.21. The van der Waals surface area contributed by atoms with Gasteiger partial charge in [0.05, 0.1) is 12.7 Å². The van der Waals surface area contributed by atoms with E-state index in [0.717, 1.165) is 5.56 Å². The third kappa shape index (κ3) is 1.29. The monoisotopic (exact) mass is 182 g/mol. The molecule has 2 rings (SSSR count). The molecule has 0 amide bonds. The van der Waals surface area contributed by atoms with Gasteiger partial charge in [-0.25, -0.2) is 4.39 Å². The van der Waals surface area contributed by atoms with Gasteiger partial charge in [-0.2, -0.15) is 0 Å². The smallest absolute Gasteiger partial charge is 0.129 e. The van der Waals surface area contributed by atoms with E-state index < -0.39 is 6.10 Å². The molecule has 13 heavy (non-hydrogen) atoms. The lowest BCUT2D eigenvalue weighted by Crippen LogP contribution is -2.00. The summed E-state index contributed by atoms with van der Waals surface area (Å²) >= 11 is 0. The van der Waals surface area contributed by atoms with E-state index in [0.29, 0.717) is 24.3 Å². The second-order valence-electron chi connectivity index (χ2n) is 3.21. The molecule has 1 unspecified atom stereocenters. The second kappa shape index (κ2) is 3.00. The van der Waals surface area contributed by atoms with Crippen LogP contribution in [0.3, 0.4) is 0 Å². The zero-order valence-corrected chi connectivity index (χ0v) is 7.38. The van der Waals surface area contributed by atoms with E-state index in [1.165, 1.54) is 6.07 Å². The maximum Gasteiger partial charge on any atom is 0.129 e. The standard InChI is InChI=1S/C10H11FO2/c1-6(12)10-7-4-5-13-9(7)3-2-8(10)11/h2-3,6,12H,4-5H2,1H3. The highest BCUT2D eigenvalue weighted by Crippen LogP contribution is 2.33. The number of benzene rings is 1. The summed E-state index contributed by atoms with van der Waals surface area (Å²) in [4.78, 5) is 0. The molecule has 1 aromatic carbocycles. The number of aliphatic hydroxyl groups excluding tert-OH is 1. The van der Waals surface area contributed by atoms with Gasteiger partial charge in [0.15, 0.2) is 0 Å². The van der Waals surface area contributed by atoms with Crippen LogP contribution in [0, 0.1) is 5.82 Å². The van der Waals surface area contributed by atoms with E-state index in [1.807, 2.05) is 0 Å². The van der Waals surface area contributed by atoms with Crippen molar-refractivity contribution in [1.82, 2.24) is 0 Å². The van der Waals surface area contributed by atoms with Crippen LogP contribution in [0.25, 0.3) is 0 Å². The van der Waals surface area contributed by atoms with E-state index in [9.17, 15) is 9.50 Å². The molecule has 0 saturated heterocycles. The summed E-state index contributed by atoms with van der Waals surface area (Å²) in [5.41, 5.74) is 1.20. The highest BCUT2D eigenvalue weighted by atomic mass is 19.1. The molecule has 70 valence electrons. The molecule has 1 aliphatic rings. The predicted octanol–water partition coefficient (Wildman–Crippen LogP) is 1.81. The summed E-state index contributed by atoms with van der Waals surface area (Å²) in [5.74, 6) is 0.358. The van der Waals surface area contributed by atoms with Crippen molar-refractivity contribution in [3.05, 3.63) is 29.1 Å². The molecule has 0 fully saturated rings. The topological polar surface area (TPSA) is 29.5 Å². The number of hydrogen-bond donors (Lipinski definition) is 1. The molecule has 0 spiro atoms. The average molecular weight is 182 g/mol. The number of aliphatic hydroxyl groups is 1. The van der Waals surface area contributed by atoms with E-state index in [4.69, 9.17) is 4.74 Å². The fourth-order valence-electron chi connectivity index (χ4n) is 1.72. The summed E-state index contributed by atoms with van der Waals surface area (Å²) in [6, 6.07) is 2.95. The Morgan fingerprint density at radius 3 is 3.00 bits per heavy atom. The molecule has 1 atom stereocenters. The van der Waals surface area contributed by atoms with E-state index in [2.05, 4.69) is 0 Å². The van der Waals surface area contributed by atoms with Crippen molar-refractivity contribution in [3.63, 3.8) is 0 Å². The van der Waals surface area contributed by atoms with E-state index in [1.54, 1.807) is 13.0 Å². The van der Waals surface area contributed by atoms with Crippen molar-refractivity contribution in [1.29, 1.82) is 0 Å². The Morgan fingerprint density at radius 1 is 1.54 bits per heavy atom. The molecule has 1 aliphatic heterocycles. The van der Waals surface area contributed by atoms with Crippen LogP contribution in [-0.2, 0) is 6.42 Å². The van der Waals surface area contributed by atoms with Crippen LogP contribution in [0.15, 0.2) is 12.1 Å². The van der Waals surface area contributed by atoms with Gasteiger partial charge in [0.25, 0.3) is 0 Å². The molecule has 1 heterocycles. The first-order valence-electron chi connectivity index (χ1n) is 4.32. The first-order chi connectivity index (χ1) is 6.20. The predicted molar refractivity (Wildman–Crippen MR) is 46.2 cm³/mol.